The Labute approximate surface area is 162 Å². The van der Waals surface area contributed by atoms with Gasteiger partial charge >= 0.3 is 0 Å². The lowest BCUT2D eigenvalue weighted by atomic mass is 9.96. The Morgan fingerprint density at radius 3 is 2.59 bits per heavy atom. The van der Waals surface area contributed by atoms with Gasteiger partial charge in [0.1, 0.15) is 5.82 Å². The molecular weight excluding hydrogens is 371 g/mol. The van der Waals surface area contributed by atoms with Crippen molar-refractivity contribution in [2.75, 3.05) is 20.3 Å². The van der Waals surface area contributed by atoms with Crippen LogP contribution in [-0.4, -0.2) is 26.2 Å². The number of nitrogens with two attached hydrogens (primary N) is 1. The highest BCUT2D eigenvalue weighted by molar-refractivity contribution is 6.32. The molecule has 0 spiro atoms. The maximum Gasteiger partial charge on any atom is 0.255 e. The molecule has 2 aromatic carbocycles. The van der Waals surface area contributed by atoms with E-state index in [2.05, 4.69) is 5.32 Å². The van der Waals surface area contributed by atoms with Crippen molar-refractivity contribution in [1.82, 2.24) is 5.32 Å². The molecule has 1 saturated carbocycles. The first kappa shape index (κ1) is 19.5. The number of carbonyl (C=O) groups excluding carboxylic acids is 1. The molecule has 3 N–H and O–H groups in total. The number of primary amides is 1. The summed E-state index contributed by atoms with van der Waals surface area (Å²) in [5, 5.41) is 3.80. The summed E-state index contributed by atoms with van der Waals surface area (Å²) >= 11 is 6.27. The molecule has 2 aromatic rings. The van der Waals surface area contributed by atoms with Crippen molar-refractivity contribution in [3.63, 3.8) is 0 Å². The molecule has 0 unspecified atom stereocenters. The van der Waals surface area contributed by atoms with Crippen molar-refractivity contribution in [2.24, 2.45) is 5.73 Å². The Morgan fingerprint density at radius 1 is 1.30 bits per heavy atom. The van der Waals surface area contributed by atoms with Crippen molar-refractivity contribution in [2.45, 2.75) is 24.8 Å². The van der Waals surface area contributed by atoms with Crippen LogP contribution in [0.2, 0.25) is 5.02 Å². The summed E-state index contributed by atoms with van der Waals surface area (Å²) in [6.45, 7) is 1.11. The summed E-state index contributed by atoms with van der Waals surface area (Å²) in [6, 6.07) is 10.3. The standard InChI is InChI=1S/C20H22ClFN2O3/c1-26-17-9-13(8-16(21)19(17)27-11-18(23)25)10-24-12-20(6-7-20)14-2-4-15(22)5-3-14/h2-5,8-9,24H,6-7,10-12H2,1H3,(H2,23,25). The maximum atomic E-state index is 13.1. The number of nitrogens with one attached hydrogen (secondary N) is 1. The molecule has 3 rings (SSSR count). The van der Waals surface area contributed by atoms with Crippen LogP contribution in [0.15, 0.2) is 36.4 Å². The number of hydrogen-bond donors (Lipinski definition) is 2. The van der Waals surface area contributed by atoms with Crippen LogP contribution >= 0.6 is 11.6 Å². The highest BCUT2D eigenvalue weighted by atomic mass is 35.5. The van der Waals surface area contributed by atoms with E-state index < -0.39 is 5.91 Å². The molecule has 0 aliphatic heterocycles. The Balaban J connectivity index is 1.63. The molecule has 0 aromatic heterocycles. The topological polar surface area (TPSA) is 73.6 Å². The van der Waals surface area contributed by atoms with Crippen LogP contribution in [0.4, 0.5) is 4.39 Å². The summed E-state index contributed by atoms with van der Waals surface area (Å²) in [6.07, 6.45) is 2.16. The van der Waals surface area contributed by atoms with Gasteiger partial charge in [0.2, 0.25) is 0 Å². The van der Waals surface area contributed by atoms with Gasteiger partial charge in [-0.3, -0.25) is 4.79 Å². The van der Waals surface area contributed by atoms with E-state index in [9.17, 15) is 9.18 Å². The van der Waals surface area contributed by atoms with E-state index in [1.165, 1.54) is 19.2 Å². The molecule has 1 fully saturated rings. The summed E-state index contributed by atoms with van der Waals surface area (Å²) in [7, 11) is 1.51. The molecule has 0 saturated heterocycles. The van der Waals surface area contributed by atoms with Gasteiger partial charge in [-0.1, -0.05) is 23.7 Å². The van der Waals surface area contributed by atoms with Crippen LogP contribution in [0.3, 0.4) is 0 Å². The number of halogens is 2. The lowest BCUT2D eigenvalue weighted by Crippen LogP contribution is -2.26. The number of rotatable bonds is 9. The predicted octanol–water partition coefficient (Wildman–Crippen LogP) is 3.17. The molecule has 5 nitrogen and oxygen atoms in total. The Morgan fingerprint density at radius 2 is 2.00 bits per heavy atom. The normalized spacial score (nSPS) is 14.6. The average Bonchev–Trinajstić information content (AvgIpc) is 3.41. The molecule has 144 valence electrons. The lowest BCUT2D eigenvalue weighted by Gasteiger charge is -2.18. The summed E-state index contributed by atoms with van der Waals surface area (Å²) in [5.74, 6) is -0.0656. The van der Waals surface area contributed by atoms with Gasteiger partial charge < -0.3 is 20.5 Å². The van der Waals surface area contributed by atoms with Crippen molar-refractivity contribution in [1.29, 1.82) is 0 Å². The predicted molar refractivity (Wildman–Crippen MR) is 102 cm³/mol. The fourth-order valence-electron chi connectivity index (χ4n) is 3.13. The molecule has 1 aliphatic carbocycles. The third-order valence-electron chi connectivity index (χ3n) is 4.75. The first-order valence-corrected chi connectivity index (χ1v) is 9.05. The van der Waals surface area contributed by atoms with Gasteiger partial charge in [-0.2, -0.15) is 0 Å². The first-order chi connectivity index (χ1) is 12.9. The van der Waals surface area contributed by atoms with Crippen LogP contribution in [-0.2, 0) is 16.8 Å². The van der Waals surface area contributed by atoms with Gasteiger partial charge in [0.25, 0.3) is 5.91 Å². The van der Waals surface area contributed by atoms with E-state index >= 15 is 0 Å². The van der Waals surface area contributed by atoms with Gasteiger partial charge in [0, 0.05) is 18.5 Å². The van der Waals surface area contributed by atoms with E-state index in [1.54, 1.807) is 6.07 Å². The summed E-state index contributed by atoms with van der Waals surface area (Å²) < 4.78 is 23.8. The fourth-order valence-corrected chi connectivity index (χ4v) is 3.41. The van der Waals surface area contributed by atoms with Crippen LogP contribution in [0.25, 0.3) is 0 Å². The van der Waals surface area contributed by atoms with E-state index in [0.29, 0.717) is 23.1 Å². The van der Waals surface area contributed by atoms with E-state index in [1.807, 2.05) is 18.2 Å². The second kappa shape index (κ2) is 8.15. The highest BCUT2D eigenvalue weighted by Gasteiger charge is 2.43. The number of ether oxygens (including phenoxy) is 2. The zero-order chi connectivity index (χ0) is 19.4. The van der Waals surface area contributed by atoms with Crippen molar-refractivity contribution in [3.05, 3.63) is 58.4 Å². The smallest absolute Gasteiger partial charge is 0.255 e. The molecule has 27 heavy (non-hydrogen) atoms. The number of benzene rings is 2. The minimum atomic E-state index is -0.589. The number of amides is 1. The quantitative estimate of drug-likeness (QED) is 0.687. The number of carbonyl (C=O) groups is 1. The molecule has 1 amide bonds. The van der Waals surface area contributed by atoms with Crippen molar-refractivity contribution in [3.8, 4) is 11.5 Å². The van der Waals surface area contributed by atoms with Crippen LogP contribution in [0.5, 0.6) is 11.5 Å². The highest BCUT2D eigenvalue weighted by Crippen LogP contribution is 2.47. The zero-order valence-electron chi connectivity index (χ0n) is 15.1. The van der Waals surface area contributed by atoms with Gasteiger partial charge in [0.05, 0.1) is 12.1 Å². The van der Waals surface area contributed by atoms with Crippen LogP contribution in [0, 0.1) is 5.82 Å². The molecule has 1 aliphatic rings. The molecule has 0 radical (unpaired) electrons. The van der Waals surface area contributed by atoms with Crippen molar-refractivity contribution < 1.29 is 18.7 Å². The molecule has 0 atom stereocenters. The molecular formula is C20H22ClFN2O3. The second-order valence-electron chi connectivity index (χ2n) is 6.75. The SMILES string of the molecule is COc1cc(CNCC2(c3ccc(F)cc3)CC2)cc(Cl)c1OCC(N)=O. The van der Waals surface area contributed by atoms with E-state index in [4.69, 9.17) is 26.8 Å². The average molecular weight is 393 g/mol. The lowest BCUT2D eigenvalue weighted by molar-refractivity contribution is -0.119. The minimum Gasteiger partial charge on any atom is -0.493 e. The fraction of sp³-hybridized carbons (Fsp3) is 0.350. The Bertz CT molecular complexity index is 823. The van der Waals surface area contributed by atoms with Crippen LogP contribution in [0.1, 0.15) is 24.0 Å². The Kier molecular flexibility index (Phi) is 5.87. The monoisotopic (exact) mass is 392 g/mol. The summed E-state index contributed by atoms with van der Waals surface area (Å²) in [5.41, 5.74) is 7.26. The van der Waals surface area contributed by atoms with E-state index in [-0.39, 0.29) is 17.8 Å². The molecule has 7 heteroatoms. The van der Waals surface area contributed by atoms with Crippen molar-refractivity contribution >= 4 is 17.5 Å². The second-order valence-corrected chi connectivity index (χ2v) is 7.16. The third-order valence-corrected chi connectivity index (χ3v) is 5.03. The van der Waals surface area contributed by atoms with Gasteiger partial charge in [-0.15, -0.1) is 0 Å². The first-order valence-electron chi connectivity index (χ1n) is 8.68. The van der Waals surface area contributed by atoms with Gasteiger partial charge in [-0.25, -0.2) is 4.39 Å². The number of hydrogen-bond acceptors (Lipinski definition) is 4. The van der Waals surface area contributed by atoms with Crippen LogP contribution < -0.4 is 20.5 Å². The number of methoxy groups -OCH3 is 1. The summed E-state index contributed by atoms with van der Waals surface area (Å²) in [4.78, 5) is 10.9. The van der Waals surface area contributed by atoms with E-state index in [0.717, 1.165) is 30.5 Å². The zero-order valence-corrected chi connectivity index (χ0v) is 15.8. The largest absolute Gasteiger partial charge is 0.493 e. The molecule has 0 bridgehead atoms. The van der Waals surface area contributed by atoms with Gasteiger partial charge in [0.15, 0.2) is 18.1 Å². The Hall–Kier alpha value is -2.31. The maximum absolute atomic E-state index is 13.1. The third kappa shape index (κ3) is 4.70. The van der Waals surface area contributed by atoms with Gasteiger partial charge in [-0.05, 0) is 48.2 Å². The molecule has 0 heterocycles. The minimum absolute atomic E-state index is 0.0755.